The first kappa shape index (κ1) is 15.6. The molecule has 0 saturated carbocycles. The number of ether oxygens (including phenoxy) is 2. The Hall–Kier alpha value is -1.81. The number of carbonyl (C=O) groups excluding carboxylic acids is 1. The van der Waals surface area contributed by atoms with Gasteiger partial charge in [0.1, 0.15) is 17.1 Å². The maximum atomic E-state index is 12.3. The topological polar surface area (TPSA) is 35.5 Å². The van der Waals surface area contributed by atoms with Crippen molar-refractivity contribution < 1.29 is 14.3 Å². The van der Waals surface area contributed by atoms with Crippen LogP contribution in [0.3, 0.4) is 0 Å². The average molecular weight is 349 g/mol. The molecule has 0 N–H and O–H groups in total. The minimum atomic E-state index is -0.425. The molecule has 2 aromatic carbocycles. The van der Waals surface area contributed by atoms with Crippen LogP contribution in [-0.4, -0.2) is 12.6 Å². The molecule has 0 aliphatic carbocycles. The van der Waals surface area contributed by atoms with E-state index < -0.39 is 5.97 Å². The number of halogens is 1. The maximum absolute atomic E-state index is 12.3. The molecule has 2 aromatic rings. The van der Waals surface area contributed by atoms with Crippen LogP contribution < -0.4 is 9.47 Å². The zero-order chi connectivity index (χ0) is 15.2. The second-order valence-corrected chi connectivity index (χ2v) is 5.52. The van der Waals surface area contributed by atoms with Gasteiger partial charge in [-0.3, -0.25) is 0 Å². The van der Waals surface area contributed by atoms with Gasteiger partial charge in [-0.25, -0.2) is 4.79 Å². The van der Waals surface area contributed by atoms with Gasteiger partial charge in [0.2, 0.25) is 0 Å². The van der Waals surface area contributed by atoms with Gasteiger partial charge in [-0.15, -0.1) is 0 Å². The number of hydrogen-bond acceptors (Lipinski definition) is 3. The lowest BCUT2D eigenvalue weighted by Crippen LogP contribution is -2.11. The zero-order valence-electron chi connectivity index (χ0n) is 12.1. The van der Waals surface area contributed by atoms with Crippen molar-refractivity contribution in [2.24, 2.45) is 0 Å². The molecule has 0 bridgehead atoms. The summed E-state index contributed by atoms with van der Waals surface area (Å²) >= 11 is 3.40. The minimum Gasteiger partial charge on any atom is -0.493 e. The van der Waals surface area contributed by atoms with Gasteiger partial charge in [0.25, 0.3) is 0 Å². The summed E-state index contributed by atoms with van der Waals surface area (Å²) in [7, 11) is 0. The van der Waals surface area contributed by atoms with Crippen LogP contribution in [0.5, 0.6) is 11.5 Å². The van der Waals surface area contributed by atoms with Crippen molar-refractivity contribution in [2.75, 3.05) is 6.61 Å². The summed E-state index contributed by atoms with van der Waals surface area (Å²) in [4.78, 5) is 12.3. The summed E-state index contributed by atoms with van der Waals surface area (Å²) in [6.07, 6.45) is 0.882. The summed E-state index contributed by atoms with van der Waals surface area (Å²) in [5.74, 6) is 0.620. The highest BCUT2D eigenvalue weighted by Gasteiger charge is 2.15. The minimum absolute atomic E-state index is 0.425. The van der Waals surface area contributed by atoms with Crippen LogP contribution in [0.25, 0.3) is 0 Å². The Labute approximate surface area is 133 Å². The predicted molar refractivity (Wildman–Crippen MR) is 86.1 cm³/mol. The molecule has 3 nitrogen and oxygen atoms in total. The number of esters is 1. The number of benzene rings is 2. The van der Waals surface area contributed by atoms with Crippen LogP contribution in [-0.2, 0) is 0 Å². The highest BCUT2D eigenvalue weighted by atomic mass is 79.9. The van der Waals surface area contributed by atoms with Crippen molar-refractivity contribution in [3.05, 3.63) is 58.1 Å². The monoisotopic (exact) mass is 348 g/mol. The highest BCUT2D eigenvalue weighted by molar-refractivity contribution is 9.10. The third-order valence-electron chi connectivity index (χ3n) is 2.86. The second-order valence-electron chi connectivity index (χ2n) is 4.67. The molecule has 0 aliphatic heterocycles. The smallest absolute Gasteiger partial charge is 0.347 e. The Morgan fingerprint density at radius 1 is 1.14 bits per heavy atom. The standard InChI is InChI=1S/C17H17BrO3/c1-3-10-20-15-7-5-4-6-13(15)17(19)21-16-9-8-12(2)11-14(16)18/h4-9,11H,3,10H2,1-2H3. The molecule has 0 amide bonds. The van der Waals surface area contributed by atoms with Crippen LogP contribution in [0.1, 0.15) is 29.3 Å². The highest BCUT2D eigenvalue weighted by Crippen LogP contribution is 2.28. The number of para-hydroxylation sites is 1. The summed E-state index contributed by atoms with van der Waals surface area (Å²) in [5.41, 5.74) is 1.52. The molecule has 0 saturated heterocycles. The lowest BCUT2D eigenvalue weighted by atomic mass is 10.2. The fraction of sp³-hybridized carbons (Fsp3) is 0.235. The Kier molecular flexibility index (Phi) is 5.39. The molecule has 0 heterocycles. The van der Waals surface area contributed by atoms with E-state index in [2.05, 4.69) is 15.9 Å². The van der Waals surface area contributed by atoms with E-state index in [1.165, 1.54) is 0 Å². The van der Waals surface area contributed by atoms with Crippen molar-refractivity contribution in [1.82, 2.24) is 0 Å². The Morgan fingerprint density at radius 2 is 1.90 bits per heavy atom. The van der Waals surface area contributed by atoms with E-state index in [-0.39, 0.29) is 0 Å². The molecule has 0 aliphatic rings. The summed E-state index contributed by atoms with van der Waals surface area (Å²) in [6, 6.07) is 12.7. The second kappa shape index (κ2) is 7.27. The van der Waals surface area contributed by atoms with Gasteiger partial charge in [0.05, 0.1) is 11.1 Å². The summed E-state index contributed by atoms with van der Waals surface area (Å²) in [5, 5.41) is 0. The molecule has 0 aromatic heterocycles. The maximum Gasteiger partial charge on any atom is 0.347 e. The molecule has 4 heteroatoms. The van der Waals surface area contributed by atoms with Gasteiger partial charge >= 0.3 is 5.97 Å². The largest absolute Gasteiger partial charge is 0.493 e. The van der Waals surface area contributed by atoms with Crippen molar-refractivity contribution in [2.45, 2.75) is 20.3 Å². The van der Waals surface area contributed by atoms with E-state index in [1.807, 2.05) is 32.0 Å². The van der Waals surface area contributed by atoms with Gasteiger partial charge in [0, 0.05) is 0 Å². The molecule has 2 rings (SSSR count). The number of carbonyl (C=O) groups is 1. The Bertz CT molecular complexity index is 638. The van der Waals surface area contributed by atoms with E-state index >= 15 is 0 Å². The van der Waals surface area contributed by atoms with Crippen LogP contribution in [0, 0.1) is 6.92 Å². The average Bonchev–Trinajstić information content (AvgIpc) is 2.48. The van der Waals surface area contributed by atoms with Crippen LogP contribution >= 0.6 is 15.9 Å². The first-order chi connectivity index (χ1) is 10.1. The number of rotatable bonds is 5. The molecule has 0 atom stereocenters. The van der Waals surface area contributed by atoms with Crippen molar-refractivity contribution in [3.8, 4) is 11.5 Å². The summed E-state index contributed by atoms with van der Waals surface area (Å²) in [6.45, 7) is 4.56. The molecular formula is C17H17BrO3. The molecule has 0 spiro atoms. The Morgan fingerprint density at radius 3 is 2.62 bits per heavy atom. The first-order valence-corrected chi connectivity index (χ1v) is 7.61. The molecular weight excluding hydrogens is 332 g/mol. The first-order valence-electron chi connectivity index (χ1n) is 6.82. The van der Waals surface area contributed by atoms with E-state index in [1.54, 1.807) is 24.3 Å². The molecule has 110 valence electrons. The Balaban J connectivity index is 2.20. The van der Waals surface area contributed by atoms with Gasteiger partial charge < -0.3 is 9.47 Å². The van der Waals surface area contributed by atoms with E-state index in [9.17, 15) is 4.79 Å². The molecule has 0 unspecified atom stereocenters. The molecule has 0 fully saturated rings. The third kappa shape index (κ3) is 4.08. The van der Waals surface area contributed by atoms with Gasteiger partial charge in [-0.1, -0.05) is 25.1 Å². The van der Waals surface area contributed by atoms with Crippen LogP contribution in [0.4, 0.5) is 0 Å². The third-order valence-corrected chi connectivity index (χ3v) is 3.48. The van der Waals surface area contributed by atoms with Crippen molar-refractivity contribution in [1.29, 1.82) is 0 Å². The van der Waals surface area contributed by atoms with Crippen LogP contribution in [0.15, 0.2) is 46.9 Å². The van der Waals surface area contributed by atoms with Gasteiger partial charge in [-0.2, -0.15) is 0 Å². The van der Waals surface area contributed by atoms with Crippen LogP contribution in [0.2, 0.25) is 0 Å². The quantitative estimate of drug-likeness (QED) is 0.576. The van der Waals surface area contributed by atoms with Gasteiger partial charge in [0.15, 0.2) is 0 Å². The molecule has 0 radical (unpaired) electrons. The number of hydrogen-bond donors (Lipinski definition) is 0. The SMILES string of the molecule is CCCOc1ccccc1C(=O)Oc1ccc(C)cc1Br. The fourth-order valence-corrected chi connectivity index (χ4v) is 2.39. The number of aryl methyl sites for hydroxylation is 1. The zero-order valence-corrected chi connectivity index (χ0v) is 13.6. The van der Waals surface area contributed by atoms with Crippen molar-refractivity contribution in [3.63, 3.8) is 0 Å². The lowest BCUT2D eigenvalue weighted by Gasteiger charge is -2.11. The summed E-state index contributed by atoms with van der Waals surface area (Å²) < 4.78 is 11.8. The van der Waals surface area contributed by atoms with E-state index in [4.69, 9.17) is 9.47 Å². The van der Waals surface area contributed by atoms with E-state index in [0.29, 0.717) is 23.7 Å². The predicted octanol–water partition coefficient (Wildman–Crippen LogP) is 4.77. The van der Waals surface area contributed by atoms with E-state index in [0.717, 1.165) is 16.5 Å². The normalized spacial score (nSPS) is 10.2. The molecule has 21 heavy (non-hydrogen) atoms. The van der Waals surface area contributed by atoms with Crippen molar-refractivity contribution >= 4 is 21.9 Å². The fourth-order valence-electron chi connectivity index (χ4n) is 1.82. The lowest BCUT2D eigenvalue weighted by molar-refractivity contribution is 0.0729. The van der Waals surface area contributed by atoms with Gasteiger partial charge in [-0.05, 0) is 59.1 Å².